The van der Waals surface area contributed by atoms with Crippen LogP contribution in [0.15, 0.2) is 71.3 Å². The van der Waals surface area contributed by atoms with Gasteiger partial charge in [0.25, 0.3) is 5.89 Å². The van der Waals surface area contributed by atoms with Gasteiger partial charge in [0.05, 0.1) is 13.2 Å². The van der Waals surface area contributed by atoms with Crippen molar-refractivity contribution in [2.24, 2.45) is 0 Å². The maximum atomic E-state index is 8.85. The average Bonchev–Trinajstić information content (AvgIpc) is 3.29. The van der Waals surface area contributed by atoms with Crippen LogP contribution in [-0.4, -0.2) is 35.6 Å². The van der Waals surface area contributed by atoms with Gasteiger partial charge in [-0.25, -0.2) is 0 Å². The summed E-state index contributed by atoms with van der Waals surface area (Å²) in [7, 11) is 1.69. The molecule has 0 spiro atoms. The van der Waals surface area contributed by atoms with Crippen molar-refractivity contribution in [3.8, 4) is 39.7 Å². The van der Waals surface area contributed by atoms with Crippen molar-refractivity contribution < 1.29 is 19.1 Å². The SMILES string of the molecule is COCc1cc(-c2nc(-c3ccc(OCCO)cc3)no2)ccc1-c1ccccc1C. The predicted octanol–water partition coefficient (Wildman–Crippen LogP) is 4.90. The van der Waals surface area contributed by atoms with E-state index < -0.39 is 0 Å². The number of ether oxygens (including phenoxy) is 2. The molecule has 0 fully saturated rings. The number of aliphatic hydroxyl groups is 1. The summed E-state index contributed by atoms with van der Waals surface area (Å²) in [6.45, 7) is 2.82. The van der Waals surface area contributed by atoms with E-state index in [-0.39, 0.29) is 13.2 Å². The van der Waals surface area contributed by atoms with E-state index in [0.29, 0.717) is 24.1 Å². The second-order valence-corrected chi connectivity index (χ2v) is 7.14. The third-order valence-electron chi connectivity index (χ3n) is 4.99. The number of hydrogen-bond acceptors (Lipinski definition) is 6. The first-order chi connectivity index (χ1) is 15.2. The molecule has 0 saturated heterocycles. The minimum atomic E-state index is -0.0242. The van der Waals surface area contributed by atoms with Crippen molar-refractivity contribution in [2.75, 3.05) is 20.3 Å². The first kappa shape index (κ1) is 20.8. The molecule has 6 heteroatoms. The number of aromatic nitrogens is 2. The molecule has 0 bridgehead atoms. The summed E-state index contributed by atoms with van der Waals surface area (Å²) in [5, 5.41) is 13.0. The van der Waals surface area contributed by atoms with E-state index in [2.05, 4.69) is 35.3 Å². The van der Waals surface area contributed by atoms with E-state index in [9.17, 15) is 0 Å². The van der Waals surface area contributed by atoms with Crippen molar-refractivity contribution in [2.45, 2.75) is 13.5 Å². The Kier molecular flexibility index (Phi) is 6.40. The molecule has 0 aliphatic carbocycles. The van der Waals surface area contributed by atoms with Gasteiger partial charge in [0.15, 0.2) is 0 Å². The van der Waals surface area contributed by atoms with Crippen LogP contribution in [0.2, 0.25) is 0 Å². The van der Waals surface area contributed by atoms with Crippen molar-refractivity contribution >= 4 is 0 Å². The summed E-state index contributed by atoms with van der Waals surface area (Å²) in [6, 6.07) is 21.7. The molecule has 4 aromatic rings. The minimum Gasteiger partial charge on any atom is -0.491 e. The number of methoxy groups -OCH3 is 1. The average molecular weight is 416 g/mol. The van der Waals surface area contributed by atoms with Crippen LogP contribution in [-0.2, 0) is 11.3 Å². The largest absolute Gasteiger partial charge is 0.491 e. The third-order valence-corrected chi connectivity index (χ3v) is 4.99. The fraction of sp³-hybridized carbons (Fsp3) is 0.200. The van der Waals surface area contributed by atoms with Gasteiger partial charge in [0, 0.05) is 18.2 Å². The second kappa shape index (κ2) is 9.55. The highest BCUT2D eigenvalue weighted by Gasteiger charge is 2.14. The molecule has 31 heavy (non-hydrogen) atoms. The zero-order valence-electron chi connectivity index (χ0n) is 17.5. The molecule has 1 N–H and O–H groups in total. The van der Waals surface area contributed by atoms with E-state index in [1.54, 1.807) is 7.11 Å². The molecule has 1 aromatic heterocycles. The Bertz CT molecular complexity index is 1150. The van der Waals surface area contributed by atoms with Crippen LogP contribution in [0.1, 0.15) is 11.1 Å². The highest BCUT2D eigenvalue weighted by atomic mass is 16.5. The number of hydrogen-bond donors (Lipinski definition) is 1. The van der Waals surface area contributed by atoms with Gasteiger partial charge in [-0.05, 0) is 65.6 Å². The Labute approximate surface area is 181 Å². The van der Waals surface area contributed by atoms with E-state index in [1.807, 2.05) is 48.5 Å². The lowest BCUT2D eigenvalue weighted by molar-refractivity contribution is 0.185. The first-order valence-electron chi connectivity index (χ1n) is 10.1. The molecule has 0 atom stereocenters. The molecule has 1 heterocycles. The zero-order valence-corrected chi connectivity index (χ0v) is 17.5. The standard InChI is InChI=1S/C25H24N2O4/c1-17-5-3-4-6-22(17)23-12-9-19(15-20(23)16-29-2)25-26-24(27-31-25)18-7-10-21(11-8-18)30-14-13-28/h3-12,15,28H,13-14,16H2,1-2H3. The Morgan fingerprint density at radius 2 is 1.71 bits per heavy atom. The Morgan fingerprint density at radius 3 is 2.45 bits per heavy atom. The Balaban J connectivity index is 1.62. The van der Waals surface area contributed by atoms with Crippen molar-refractivity contribution in [1.29, 1.82) is 0 Å². The first-order valence-corrected chi connectivity index (χ1v) is 10.1. The molecular formula is C25H24N2O4. The highest BCUT2D eigenvalue weighted by molar-refractivity contribution is 5.74. The van der Waals surface area contributed by atoms with Crippen LogP contribution in [0.4, 0.5) is 0 Å². The van der Waals surface area contributed by atoms with Crippen molar-refractivity contribution in [3.05, 3.63) is 77.9 Å². The molecular weight excluding hydrogens is 392 g/mol. The van der Waals surface area contributed by atoms with Gasteiger partial charge in [-0.1, -0.05) is 35.5 Å². The quantitative estimate of drug-likeness (QED) is 0.440. The van der Waals surface area contributed by atoms with Gasteiger partial charge in [-0.15, -0.1) is 0 Å². The van der Waals surface area contributed by atoms with Crippen LogP contribution in [0.25, 0.3) is 34.0 Å². The number of aryl methyl sites for hydroxylation is 1. The number of aliphatic hydroxyl groups excluding tert-OH is 1. The van der Waals surface area contributed by atoms with Crippen LogP contribution in [0.5, 0.6) is 5.75 Å². The van der Waals surface area contributed by atoms with E-state index in [1.165, 1.54) is 11.1 Å². The minimum absolute atomic E-state index is 0.0242. The van der Waals surface area contributed by atoms with Crippen molar-refractivity contribution in [3.63, 3.8) is 0 Å². The molecule has 0 unspecified atom stereocenters. The maximum Gasteiger partial charge on any atom is 0.258 e. The maximum absolute atomic E-state index is 8.85. The van der Waals surface area contributed by atoms with Gasteiger partial charge in [-0.2, -0.15) is 4.98 Å². The van der Waals surface area contributed by atoms with Crippen LogP contribution >= 0.6 is 0 Å². The van der Waals surface area contributed by atoms with Crippen LogP contribution in [0, 0.1) is 6.92 Å². The normalized spacial score (nSPS) is 10.9. The van der Waals surface area contributed by atoms with Gasteiger partial charge in [0.1, 0.15) is 12.4 Å². The molecule has 0 aliphatic heterocycles. The van der Waals surface area contributed by atoms with E-state index >= 15 is 0 Å². The fourth-order valence-corrected chi connectivity index (χ4v) is 3.46. The molecule has 0 saturated carbocycles. The lowest BCUT2D eigenvalue weighted by Crippen LogP contribution is -2.01. The zero-order chi connectivity index (χ0) is 21.6. The third kappa shape index (κ3) is 4.66. The summed E-state index contributed by atoms with van der Waals surface area (Å²) in [4.78, 5) is 4.56. The highest BCUT2D eigenvalue weighted by Crippen LogP contribution is 2.31. The molecule has 158 valence electrons. The molecule has 4 rings (SSSR count). The monoisotopic (exact) mass is 416 g/mol. The summed E-state index contributed by atoms with van der Waals surface area (Å²) in [6.07, 6.45) is 0. The molecule has 0 aliphatic rings. The molecule has 0 amide bonds. The van der Waals surface area contributed by atoms with Crippen molar-refractivity contribution in [1.82, 2.24) is 10.1 Å². The van der Waals surface area contributed by atoms with Gasteiger partial charge < -0.3 is 19.1 Å². The van der Waals surface area contributed by atoms with Crippen LogP contribution in [0.3, 0.4) is 0 Å². The van der Waals surface area contributed by atoms with Gasteiger partial charge in [-0.3, -0.25) is 0 Å². The lowest BCUT2D eigenvalue weighted by atomic mass is 9.94. The molecule has 6 nitrogen and oxygen atoms in total. The van der Waals surface area contributed by atoms with Gasteiger partial charge in [0.2, 0.25) is 5.82 Å². The fourth-order valence-electron chi connectivity index (χ4n) is 3.46. The van der Waals surface area contributed by atoms with Crippen LogP contribution < -0.4 is 4.74 Å². The van der Waals surface area contributed by atoms with E-state index in [0.717, 1.165) is 22.3 Å². The Hall–Kier alpha value is -3.48. The molecule has 3 aromatic carbocycles. The predicted molar refractivity (Wildman–Crippen MR) is 119 cm³/mol. The topological polar surface area (TPSA) is 77.6 Å². The second-order valence-electron chi connectivity index (χ2n) is 7.14. The number of rotatable bonds is 8. The summed E-state index contributed by atoms with van der Waals surface area (Å²) < 4.78 is 16.4. The lowest BCUT2D eigenvalue weighted by Gasteiger charge is -2.12. The smallest absolute Gasteiger partial charge is 0.258 e. The summed E-state index contributed by atoms with van der Waals surface area (Å²) in [5.41, 5.74) is 6.22. The van der Waals surface area contributed by atoms with E-state index in [4.69, 9.17) is 19.1 Å². The number of benzene rings is 3. The molecule has 0 radical (unpaired) electrons. The number of nitrogens with zero attached hydrogens (tertiary/aromatic N) is 2. The summed E-state index contributed by atoms with van der Waals surface area (Å²) in [5.74, 6) is 1.63. The van der Waals surface area contributed by atoms with Gasteiger partial charge >= 0.3 is 0 Å². The summed E-state index contributed by atoms with van der Waals surface area (Å²) >= 11 is 0. The Morgan fingerprint density at radius 1 is 0.935 bits per heavy atom.